The number of amides is 1. The first kappa shape index (κ1) is 14.3. The van der Waals surface area contributed by atoms with Gasteiger partial charge in [-0.1, -0.05) is 29.8 Å². The van der Waals surface area contributed by atoms with E-state index in [0.29, 0.717) is 16.3 Å². The molecule has 1 amide bonds. The molecule has 6 heteroatoms. The van der Waals surface area contributed by atoms with Crippen LogP contribution in [0, 0.1) is 0 Å². The van der Waals surface area contributed by atoms with Gasteiger partial charge in [-0.3, -0.25) is 10.1 Å². The van der Waals surface area contributed by atoms with E-state index in [4.69, 9.17) is 23.8 Å². The third-order valence-corrected chi connectivity index (χ3v) is 2.91. The number of rotatable bonds is 2. The summed E-state index contributed by atoms with van der Waals surface area (Å²) >= 11 is 10.8. The van der Waals surface area contributed by atoms with Crippen LogP contribution in [0.4, 0.5) is 5.69 Å². The largest absolute Gasteiger partial charge is 0.506 e. The van der Waals surface area contributed by atoms with Crippen LogP contribution in [-0.2, 0) is 0 Å². The van der Waals surface area contributed by atoms with Gasteiger partial charge in [-0.05, 0) is 42.5 Å². The Balaban J connectivity index is 2.02. The molecule has 0 aromatic heterocycles. The fourth-order valence-corrected chi connectivity index (χ4v) is 1.93. The van der Waals surface area contributed by atoms with Crippen LogP contribution in [0.2, 0.25) is 5.02 Å². The lowest BCUT2D eigenvalue weighted by atomic mass is 10.2. The van der Waals surface area contributed by atoms with Gasteiger partial charge in [0.25, 0.3) is 5.91 Å². The van der Waals surface area contributed by atoms with Gasteiger partial charge in [0.2, 0.25) is 0 Å². The zero-order valence-electron chi connectivity index (χ0n) is 10.3. The molecule has 2 aromatic rings. The van der Waals surface area contributed by atoms with Crippen LogP contribution in [0.25, 0.3) is 0 Å². The summed E-state index contributed by atoms with van der Waals surface area (Å²) in [7, 11) is 0. The van der Waals surface area contributed by atoms with Crippen molar-refractivity contribution in [2.75, 3.05) is 5.32 Å². The maximum atomic E-state index is 11.9. The number of benzene rings is 2. The minimum absolute atomic E-state index is 0.0480. The number of anilines is 1. The second-order valence-electron chi connectivity index (χ2n) is 3.94. The van der Waals surface area contributed by atoms with Gasteiger partial charge in [0.15, 0.2) is 5.11 Å². The van der Waals surface area contributed by atoms with Gasteiger partial charge in [-0.15, -0.1) is 0 Å². The molecule has 0 bridgehead atoms. The van der Waals surface area contributed by atoms with Crippen molar-refractivity contribution in [1.82, 2.24) is 5.32 Å². The fourth-order valence-electron chi connectivity index (χ4n) is 1.54. The Hall–Kier alpha value is -2.11. The van der Waals surface area contributed by atoms with E-state index in [0.717, 1.165) is 0 Å². The minimum atomic E-state index is -0.375. The number of thiocarbonyl (C=S) groups is 1. The van der Waals surface area contributed by atoms with Gasteiger partial charge < -0.3 is 10.4 Å². The third kappa shape index (κ3) is 3.69. The maximum Gasteiger partial charge on any atom is 0.257 e. The van der Waals surface area contributed by atoms with Crippen LogP contribution in [0.1, 0.15) is 10.4 Å². The summed E-state index contributed by atoms with van der Waals surface area (Å²) in [5, 5.41) is 15.4. The Morgan fingerprint density at radius 2 is 1.90 bits per heavy atom. The van der Waals surface area contributed by atoms with E-state index in [1.54, 1.807) is 42.5 Å². The number of phenolic OH excluding ortho intramolecular Hbond substituents is 1. The summed E-state index contributed by atoms with van der Waals surface area (Å²) in [4.78, 5) is 11.9. The number of para-hydroxylation sites is 2. The molecule has 0 fully saturated rings. The molecule has 2 aromatic carbocycles. The summed E-state index contributed by atoms with van der Waals surface area (Å²) < 4.78 is 0. The zero-order valence-corrected chi connectivity index (χ0v) is 11.8. The van der Waals surface area contributed by atoms with Gasteiger partial charge in [-0.2, -0.15) is 0 Å². The zero-order chi connectivity index (χ0) is 14.5. The molecular formula is C14H11ClN2O2S. The molecule has 0 aliphatic carbocycles. The molecule has 2 rings (SSSR count). The van der Waals surface area contributed by atoms with Crippen LogP contribution >= 0.6 is 23.8 Å². The number of hydrogen-bond donors (Lipinski definition) is 3. The van der Waals surface area contributed by atoms with E-state index in [-0.39, 0.29) is 16.8 Å². The monoisotopic (exact) mass is 306 g/mol. The first-order valence-corrected chi connectivity index (χ1v) is 6.51. The Labute approximate surface area is 126 Å². The predicted octanol–water partition coefficient (Wildman–Crippen LogP) is 3.17. The first-order chi connectivity index (χ1) is 9.56. The summed E-state index contributed by atoms with van der Waals surface area (Å²) in [5.41, 5.74) is 0.822. The Morgan fingerprint density at radius 3 is 2.60 bits per heavy atom. The lowest BCUT2D eigenvalue weighted by Crippen LogP contribution is -2.34. The van der Waals surface area contributed by atoms with Crippen molar-refractivity contribution in [3.8, 4) is 5.75 Å². The first-order valence-electron chi connectivity index (χ1n) is 5.72. The van der Waals surface area contributed by atoms with E-state index >= 15 is 0 Å². The predicted molar refractivity (Wildman–Crippen MR) is 83.2 cm³/mol. The van der Waals surface area contributed by atoms with E-state index in [2.05, 4.69) is 10.6 Å². The molecule has 0 spiro atoms. The average molecular weight is 307 g/mol. The second-order valence-corrected chi connectivity index (χ2v) is 4.78. The van der Waals surface area contributed by atoms with Crippen LogP contribution in [0.3, 0.4) is 0 Å². The molecule has 0 saturated heterocycles. The second kappa shape index (κ2) is 6.36. The highest BCUT2D eigenvalue weighted by Gasteiger charge is 2.09. The van der Waals surface area contributed by atoms with Crippen molar-refractivity contribution in [3.63, 3.8) is 0 Å². The van der Waals surface area contributed by atoms with Crippen molar-refractivity contribution < 1.29 is 9.90 Å². The van der Waals surface area contributed by atoms with Crippen molar-refractivity contribution >= 4 is 40.5 Å². The standard InChI is InChI=1S/C14H11ClN2O2S/c15-10-5-3-4-9(8-10)13(19)17-14(20)16-11-6-1-2-7-12(11)18/h1-8,18H,(H2,16,17,19,20). The van der Waals surface area contributed by atoms with Gasteiger partial charge >= 0.3 is 0 Å². The molecular weight excluding hydrogens is 296 g/mol. The number of phenols is 1. The molecule has 0 heterocycles. The third-order valence-electron chi connectivity index (χ3n) is 2.47. The van der Waals surface area contributed by atoms with Crippen molar-refractivity contribution in [2.45, 2.75) is 0 Å². The lowest BCUT2D eigenvalue weighted by Gasteiger charge is -2.10. The van der Waals surface area contributed by atoms with E-state index in [9.17, 15) is 9.90 Å². The summed E-state index contributed by atoms with van der Waals surface area (Å²) in [6.07, 6.45) is 0. The molecule has 0 atom stereocenters. The summed E-state index contributed by atoms with van der Waals surface area (Å²) in [5.74, 6) is -0.327. The number of hydrogen-bond acceptors (Lipinski definition) is 3. The normalized spacial score (nSPS) is 9.85. The van der Waals surface area contributed by atoms with Gasteiger partial charge in [0.1, 0.15) is 5.75 Å². The highest BCUT2D eigenvalue weighted by atomic mass is 35.5. The highest BCUT2D eigenvalue weighted by molar-refractivity contribution is 7.80. The molecule has 0 aliphatic heterocycles. The van der Waals surface area contributed by atoms with Crippen molar-refractivity contribution in [1.29, 1.82) is 0 Å². The number of aromatic hydroxyl groups is 1. The molecule has 0 radical (unpaired) electrons. The van der Waals surface area contributed by atoms with Crippen LogP contribution in [0.15, 0.2) is 48.5 Å². The quantitative estimate of drug-likeness (QED) is 0.589. The van der Waals surface area contributed by atoms with Gasteiger partial charge in [-0.25, -0.2) is 0 Å². The fraction of sp³-hybridized carbons (Fsp3) is 0. The van der Waals surface area contributed by atoms with Gasteiger partial charge in [0.05, 0.1) is 5.69 Å². The molecule has 0 aliphatic rings. The van der Waals surface area contributed by atoms with E-state index < -0.39 is 0 Å². The summed E-state index contributed by atoms with van der Waals surface area (Å²) in [6.45, 7) is 0. The van der Waals surface area contributed by atoms with E-state index in [1.807, 2.05) is 0 Å². The Kier molecular flexibility index (Phi) is 4.55. The minimum Gasteiger partial charge on any atom is -0.506 e. The molecule has 102 valence electrons. The number of nitrogens with one attached hydrogen (secondary N) is 2. The average Bonchev–Trinajstić information content (AvgIpc) is 2.41. The van der Waals surface area contributed by atoms with Gasteiger partial charge in [0, 0.05) is 10.6 Å². The highest BCUT2D eigenvalue weighted by Crippen LogP contribution is 2.21. The molecule has 3 N–H and O–H groups in total. The molecule has 0 saturated carbocycles. The number of carbonyl (C=O) groups is 1. The SMILES string of the molecule is O=C(NC(=S)Nc1ccccc1O)c1cccc(Cl)c1. The maximum absolute atomic E-state index is 11.9. The molecule has 20 heavy (non-hydrogen) atoms. The number of carbonyl (C=O) groups excluding carboxylic acids is 1. The molecule has 0 unspecified atom stereocenters. The van der Waals surface area contributed by atoms with Crippen LogP contribution in [0.5, 0.6) is 5.75 Å². The van der Waals surface area contributed by atoms with Crippen LogP contribution < -0.4 is 10.6 Å². The van der Waals surface area contributed by atoms with Crippen molar-refractivity contribution in [3.05, 3.63) is 59.1 Å². The topological polar surface area (TPSA) is 61.4 Å². The van der Waals surface area contributed by atoms with Crippen LogP contribution in [-0.4, -0.2) is 16.1 Å². The Morgan fingerprint density at radius 1 is 1.15 bits per heavy atom. The molecule has 4 nitrogen and oxygen atoms in total. The lowest BCUT2D eigenvalue weighted by molar-refractivity contribution is 0.0977. The van der Waals surface area contributed by atoms with E-state index in [1.165, 1.54) is 6.07 Å². The Bertz CT molecular complexity index is 661. The summed E-state index contributed by atoms with van der Waals surface area (Å²) in [6, 6.07) is 13.1. The van der Waals surface area contributed by atoms with Crippen molar-refractivity contribution in [2.24, 2.45) is 0 Å². The number of halogens is 1. The smallest absolute Gasteiger partial charge is 0.257 e.